The lowest BCUT2D eigenvalue weighted by atomic mass is 10.2. The molecule has 0 saturated carbocycles. The van der Waals surface area contributed by atoms with Crippen molar-refractivity contribution < 1.29 is 22.3 Å². The Hall–Kier alpha value is -1.47. The highest BCUT2D eigenvalue weighted by molar-refractivity contribution is 7.89. The second-order valence-corrected chi connectivity index (χ2v) is 6.14. The number of benzene rings is 1. The fourth-order valence-electron chi connectivity index (χ4n) is 2.14. The quantitative estimate of drug-likeness (QED) is 0.782. The summed E-state index contributed by atoms with van der Waals surface area (Å²) >= 11 is 0. The average molecular weight is 287 g/mol. The molecule has 19 heavy (non-hydrogen) atoms. The summed E-state index contributed by atoms with van der Waals surface area (Å²) in [7, 11) is -2.57. The number of hydrogen-bond acceptors (Lipinski definition) is 4. The summed E-state index contributed by atoms with van der Waals surface area (Å²) in [6.45, 7) is 0.263. The lowest BCUT2D eigenvalue weighted by Gasteiger charge is -2.22. The van der Waals surface area contributed by atoms with E-state index >= 15 is 0 Å². The molecule has 1 aliphatic heterocycles. The summed E-state index contributed by atoms with van der Waals surface area (Å²) in [5, 5.41) is 0. The number of methoxy groups -OCH3 is 1. The van der Waals surface area contributed by atoms with Gasteiger partial charge in [-0.15, -0.1) is 0 Å². The minimum Gasteiger partial charge on any atom is -0.468 e. The molecule has 5 nitrogen and oxygen atoms in total. The number of carbonyl (C=O) groups is 1. The van der Waals surface area contributed by atoms with Gasteiger partial charge in [0, 0.05) is 6.54 Å². The molecular weight excluding hydrogens is 273 g/mol. The molecule has 1 aromatic rings. The van der Waals surface area contributed by atoms with Gasteiger partial charge in [-0.1, -0.05) is 0 Å². The van der Waals surface area contributed by atoms with Crippen molar-refractivity contribution in [3.63, 3.8) is 0 Å². The van der Waals surface area contributed by atoms with Crippen LogP contribution in [0.5, 0.6) is 0 Å². The highest BCUT2D eigenvalue weighted by Crippen LogP contribution is 2.26. The van der Waals surface area contributed by atoms with Crippen LogP contribution in [0, 0.1) is 5.82 Å². The van der Waals surface area contributed by atoms with Gasteiger partial charge in [0.1, 0.15) is 11.9 Å². The van der Waals surface area contributed by atoms with Gasteiger partial charge in [0.25, 0.3) is 0 Å². The van der Waals surface area contributed by atoms with E-state index in [4.69, 9.17) is 0 Å². The maximum Gasteiger partial charge on any atom is 0.324 e. The molecule has 104 valence electrons. The SMILES string of the molecule is COC(=O)[C@H]1CCCN1S(=O)(=O)c1ccc(F)cc1. The van der Waals surface area contributed by atoms with Crippen LogP contribution in [0.3, 0.4) is 0 Å². The Labute approximate surface area is 111 Å². The average Bonchev–Trinajstić information content (AvgIpc) is 2.88. The third kappa shape index (κ3) is 2.62. The Kier molecular flexibility index (Phi) is 3.86. The molecule has 1 fully saturated rings. The minimum absolute atomic E-state index is 0.0234. The Morgan fingerprint density at radius 1 is 1.37 bits per heavy atom. The van der Waals surface area contributed by atoms with E-state index in [0.29, 0.717) is 12.8 Å². The van der Waals surface area contributed by atoms with Gasteiger partial charge in [-0.25, -0.2) is 12.8 Å². The van der Waals surface area contributed by atoms with Crippen LogP contribution in [0.25, 0.3) is 0 Å². The predicted octanol–water partition coefficient (Wildman–Crippen LogP) is 1.15. The highest BCUT2D eigenvalue weighted by Gasteiger charge is 2.40. The largest absolute Gasteiger partial charge is 0.468 e. The van der Waals surface area contributed by atoms with Crippen molar-refractivity contribution in [1.82, 2.24) is 4.31 Å². The third-order valence-electron chi connectivity index (χ3n) is 3.10. The van der Waals surface area contributed by atoms with Crippen molar-refractivity contribution >= 4 is 16.0 Å². The van der Waals surface area contributed by atoms with Crippen molar-refractivity contribution in [2.45, 2.75) is 23.8 Å². The number of ether oxygens (including phenoxy) is 1. The van der Waals surface area contributed by atoms with Crippen molar-refractivity contribution in [2.24, 2.45) is 0 Å². The number of hydrogen-bond donors (Lipinski definition) is 0. The Bertz CT molecular complexity index is 570. The van der Waals surface area contributed by atoms with Crippen LogP contribution in [0.1, 0.15) is 12.8 Å². The zero-order valence-electron chi connectivity index (χ0n) is 10.4. The number of esters is 1. The van der Waals surface area contributed by atoms with Gasteiger partial charge in [-0.3, -0.25) is 4.79 Å². The van der Waals surface area contributed by atoms with E-state index in [9.17, 15) is 17.6 Å². The van der Waals surface area contributed by atoms with Gasteiger partial charge >= 0.3 is 5.97 Å². The van der Waals surface area contributed by atoms with E-state index in [-0.39, 0.29) is 11.4 Å². The minimum atomic E-state index is -3.79. The van der Waals surface area contributed by atoms with E-state index in [1.54, 1.807) is 0 Å². The fraction of sp³-hybridized carbons (Fsp3) is 0.417. The standard InChI is InChI=1S/C12H14FNO4S/c1-18-12(15)11-3-2-8-14(11)19(16,17)10-6-4-9(13)5-7-10/h4-7,11H,2-3,8H2,1H3/t11-/m1/s1. The maximum absolute atomic E-state index is 12.8. The molecule has 1 heterocycles. The predicted molar refractivity (Wildman–Crippen MR) is 65.3 cm³/mol. The van der Waals surface area contributed by atoms with E-state index in [0.717, 1.165) is 16.4 Å². The molecule has 1 aromatic carbocycles. The summed E-state index contributed by atoms with van der Waals surface area (Å²) in [6, 6.07) is 3.75. The number of sulfonamides is 1. The molecule has 1 saturated heterocycles. The van der Waals surface area contributed by atoms with Crippen molar-refractivity contribution in [3.05, 3.63) is 30.1 Å². The van der Waals surface area contributed by atoms with Gasteiger partial charge in [0.15, 0.2) is 0 Å². The van der Waals surface area contributed by atoms with Crippen LogP contribution in [0.2, 0.25) is 0 Å². The first kappa shape index (κ1) is 14.0. The summed E-state index contributed by atoms with van der Waals surface area (Å²) in [5.74, 6) is -1.08. The molecule has 7 heteroatoms. The van der Waals surface area contributed by atoms with Crippen LogP contribution in [0.4, 0.5) is 4.39 Å². The van der Waals surface area contributed by atoms with E-state index < -0.39 is 27.9 Å². The molecule has 2 rings (SSSR count). The molecule has 0 aliphatic carbocycles. The fourth-order valence-corrected chi connectivity index (χ4v) is 3.79. The third-order valence-corrected chi connectivity index (χ3v) is 5.02. The molecule has 1 aliphatic rings. The van der Waals surface area contributed by atoms with Gasteiger partial charge in [-0.2, -0.15) is 4.31 Å². The van der Waals surface area contributed by atoms with Gasteiger partial charge in [0.05, 0.1) is 12.0 Å². The second-order valence-electron chi connectivity index (χ2n) is 4.25. The van der Waals surface area contributed by atoms with E-state index in [1.165, 1.54) is 19.2 Å². The number of nitrogens with zero attached hydrogens (tertiary/aromatic N) is 1. The normalized spacial score (nSPS) is 20.4. The lowest BCUT2D eigenvalue weighted by Crippen LogP contribution is -2.41. The number of rotatable bonds is 3. The lowest BCUT2D eigenvalue weighted by molar-refractivity contribution is -0.144. The van der Waals surface area contributed by atoms with Crippen molar-refractivity contribution in [3.8, 4) is 0 Å². The first-order valence-electron chi connectivity index (χ1n) is 5.82. The first-order chi connectivity index (χ1) is 8.96. The smallest absolute Gasteiger partial charge is 0.324 e. The van der Waals surface area contributed by atoms with Crippen LogP contribution < -0.4 is 0 Å². The molecule has 0 unspecified atom stereocenters. The molecule has 0 radical (unpaired) electrons. The molecule has 0 amide bonds. The Balaban J connectivity index is 2.33. The zero-order valence-corrected chi connectivity index (χ0v) is 11.2. The monoisotopic (exact) mass is 287 g/mol. The molecule has 0 spiro atoms. The highest BCUT2D eigenvalue weighted by atomic mass is 32.2. The second kappa shape index (κ2) is 5.26. The summed E-state index contributed by atoms with van der Waals surface area (Å²) in [5.41, 5.74) is 0. The maximum atomic E-state index is 12.8. The molecule has 0 aromatic heterocycles. The number of carbonyl (C=O) groups excluding carboxylic acids is 1. The van der Waals surface area contributed by atoms with E-state index in [1.807, 2.05) is 0 Å². The summed E-state index contributed by atoms with van der Waals surface area (Å²) in [4.78, 5) is 11.5. The van der Waals surface area contributed by atoms with Gasteiger partial charge < -0.3 is 4.74 Å². The first-order valence-corrected chi connectivity index (χ1v) is 7.26. The van der Waals surface area contributed by atoms with Gasteiger partial charge in [0.2, 0.25) is 10.0 Å². The van der Waals surface area contributed by atoms with Crippen LogP contribution in [0.15, 0.2) is 29.2 Å². The Morgan fingerprint density at radius 2 is 2.00 bits per heavy atom. The summed E-state index contributed by atoms with van der Waals surface area (Å²) < 4.78 is 43.3. The molecule has 1 atom stereocenters. The van der Waals surface area contributed by atoms with Crippen molar-refractivity contribution in [1.29, 1.82) is 0 Å². The molecular formula is C12H14FNO4S. The topological polar surface area (TPSA) is 63.7 Å². The number of halogens is 1. The van der Waals surface area contributed by atoms with E-state index in [2.05, 4.69) is 4.74 Å². The zero-order chi connectivity index (χ0) is 14.0. The Morgan fingerprint density at radius 3 is 2.58 bits per heavy atom. The van der Waals surface area contributed by atoms with Gasteiger partial charge in [-0.05, 0) is 37.1 Å². The van der Waals surface area contributed by atoms with Crippen molar-refractivity contribution in [2.75, 3.05) is 13.7 Å². The molecule has 0 N–H and O–H groups in total. The summed E-state index contributed by atoms with van der Waals surface area (Å²) in [6.07, 6.45) is 1.04. The molecule has 0 bridgehead atoms. The van der Waals surface area contributed by atoms with Crippen LogP contribution in [-0.4, -0.2) is 38.4 Å². The van der Waals surface area contributed by atoms with Crippen LogP contribution in [-0.2, 0) is 19.6 Å². The van der Waals surface area contributed by atoms with Crippen LogP contribution >= 0.6 is 0 Å².